The minimum Gasteiger partial charge on any atom is -0.478 e. The second-order valence-corrected chi connectivity index (χ2v) is 6.30. The SMILES string of the molecule is O=C(O)c1cccc(NC(=O)c2cccc(NC(=O)c3cccs3)c2)c1. The minimum absolute atomic E-state index is 0.0831. The molecule has 0 bridgehead atoms. The molecule has 3 N–H and O–H groups in total. The van der Waals surface area contributed by atoms with E-state index in [1.807, 2.05) is 5.38 Å². The number of carboxylic acid groups (broad SMARTS) is 1. The summed E-state index contributed by atoms with van der Waals surface area (Å²) in [5.41, 5.74) is 1.30. The molecule has 6 nitrogen and oxygen atoms in total. The van der Waals surface area contributed by atoms with Crippen molar-refractivity contribution in [3.63, 3.8) is 0 Å². The van der Waals surface area contributed by atoms with E-state index >= 15 is 0 Å². The van der Waals surface area contributed by atoms with Crippen molar-refractivity contribution >= 4 is 40.5 Å². The standard InChI is InChI=1S/C19H14N2O4S/c22-17(20-15-7-2-5-13(11-15)19(24)25)12-4-1-6-14(10-12)21-18(23)16-8-3-9-26-16/h1-11H,(H,20,22)(H,21,23)(H,24,25). The fourth-order valence-corrected chi connectivity index (χ4v) is 2.89. The molecule has 7 heteroatoms. The number of aromatic carboxylic acids is 1. The number of carbonyl (C=O) groups is 3. The highest BCUT2D eigenvalue weighted by molar-refractivity contribution is 7.12. The van der Waals surface area contributed by atoms with Crippen LogP contribution in [0.25, 0.3) is 0 Å². The predicted octanol–water partition coefficient (Wildman–Crippen LogP) is 3.95. The van der Waals surface area contributed by atoms with Crippen LogP contribution in [0.4, 0.5) is 11.4 Å². The molecule has 0 fully saturated rings. The molecule has 0 atom stereocenters. The number of nitrogens with one attached hydrogen (secondary N) is 2. The molecule has 130 valence electrons. The Morgan fingerprint density at radius 2 is 1.38 bits per heavy atom. The first-order chi connectivity index (χ1) is 12.5. The zero-order valence-corrected chi connectivity index (χ0v) is 14.2. The fourth-order valence-electron chi connectivity index (χ4n) is 2.27. The van der Waals surface area contributed by atoms with Crippen LogP contribution < -0.4 is 10.6 Å². The Kier molecular flexibility index (Phi) is 5.09. The maximum Gasteiger partial charge on any atom is 0.335 e. The number of hydrogen-bond donors (Lipinski definition) is 3. The molecule has 0 unspecified atom stereocenters. The molecule has 0 aliphatic heterocycles. The quantitative estimate of drug-likeness (QED) is 0.637. The molecule has 3 rings (SSSR count). The van der Waals surface area contributed by atoms with Crippen molar-refractivity contribution in [3.8, 4) is 0 Å². The van der Waals surface area contributed by atoms with E-state index in [0.29, 0.717) is 21.8 Å². The Morgan fingerprint density at radius 1 is 0.769 bits per heavy atom. The third kappa shape index (κ3) is 4.14. The summed E-state index contributed by atoms with van der Waals surface area (Å²) < 4.78 is 0. The molecular formula is C19H14N2O4S. The van der Waals surface area contributed by atoms with Gasteiger partial charge in [0.2, 0.25) is 0 Å². The van der Waals surface area contributed by atoms with Gasteiger partial charge in [0.15, 0.2) is 0 Å². The lowest BCUT2D eigenvalue weighted by molar-refractivity contribution is 0.0696. The van der Waals surface area contributed by atoms with Crippen LogP contribution in [0, 0.1) is 0 Å². The number of anilines is 2. The number of hydrogen-bond acceptors (Lipinski definition) is 4. The fraction of sp³-hybridized carbons (Fsp3) is 0. The van der Waals surface area contributed by atoms with E-state index in [1.54, 1.807) is 48.5 Å². The van der Waals surface area contributed by atoms with Gasteiger partial charge in [-0.1, -0.05) is 18.2 Å². The summed E-state index contributed by atoms with van der Waals surface area (Å²) in [7, 11) is 0. The van der Waals surface area contributed by atoms with Crippen LogP contribution in [0.5, 0.6) is 0 Å². The highest BCUT2D eigenvalue weighted by Gasteiger charge is 2.11. The van der Waals surface area contributed by atoms with Crippen LogP contribution in [-0.4, -0.2) is 22.9 Å². The molecule has 0 saturated carbocycles. The third-order valence-corrected chi connectivity index (χ3v) is 4.36. The molecule has 1 aromatic heterocycles. The highest BCUT2D eigenvalue weighted by Crippen LogP contribution is 2.17. The number of benzene rings is 2. The topological polar surface area (TPSA) is 95.5 Å². The number of amides is 2. The predicted molar refractivity (Wildman–Crippen MR) is 100 cm³/mol. The van der Waals surface area contributed by atoms with Crippen molar-refractivity contribution in [2.75, 3.05) is 10.6 Å². The van der Waals surface area contributed by atoms with E-state index in [2.05, 4.69) is 10.6 Å². The molecule has 0 spiro atoms. The number of thiophene rings is 1. The Balaban J connectivity index is 1.73. The summed E-state index contributed by atoms with van der Waals surface area (Å²) in [4.78, 5) is 36.1. The van der Waals surface area contributed by atoms with Crippen molar-refractivity contribution < 1.29 is 19.5 Å². The van der Waals surface area contributed by atoms with Crippen molar-refractivity contribution in [2.45, 2.75) is 0 Å². The van der Waals surface area contributed by atoms with E-state index in [1.165, 1.54) is 23.5 Å². The molecule has 2 aromatic carbocycles. The van der Waals surface area contributed by atoms with Gasteiger partial charge in [0.25, 0.3) is 11.8 Å². The van der Waals surface area contributed by atoms with Crippen molar-refractivity contribution in [2.24, 2.45) is 0 Å². The molecule has 0 saturated heterocycles. The molecule has 2 amide bonds. The molecule has 0 radical (unpaired) electrons. The molecule has 0 aliphatic rings. The third-order valence-electron chi connectivity index (χ3n) is 3.49. The lowest BCUT2D eigenvalue weighted by atomic mass is 10.1. The molecule has 0 aliphatic carbocycles. The van der Waals surface area contributed by atoms with E-state index in [0.717, 1.165) is 0 Å². The largest absolute Gasteiger partial charge is 0.478 e. The number of carboxylic acids is 1. The van der Waals surface area contributed by atoms with Gasteiger partial charge in [0.1, 0.15) is 0 Å². The van der Waals surface area contributed by atoms with Gasteiger partial charge >= 0.3 is 5.97 Å². The van der Waals surface area contributed by atoms with E-state index in [4.69, 9.17) is 5.11 Å². The summed E-state index contributed by atoms with van der Waals surface area (Å²) in [6.07, 6.45) is 0. The summed E-state index contributed by atoms with van der Waals surface area (Å²) in [6, 6.07) is 16.0. The van der Waals surface area contributed by atoms with Crippen molar-refractivity contribution in [1.29, 1.82) is 0 Å². The van der Waals surface area contributed by atoms with E-state index in [9.17, 15) is 14.4 Å². The minimum atomic E-state index is -1.07. The van der Waals surface area contributed by atoms with Crippen molar-refractivity contribution in [3.05, 3.63) is 82.0 Å². The van der Waals surface area contributed by atoms with Crippen LogP contribution in [0.2, 0.25) is 0 Å². The second-order valence-electron chi connectivity index (χ2n) is 5.35. The van der Waals surface area contributed by atoms with Gasteiger partial charge in [0.05, 0.1) is 10.4 Å². The van der Waals surface area contributed by atoms with Gasteiger partial charge < -0.3 is 15.7 Å². The van der Waals surface area contributed by atoms with Gasteiger partial charge in [-0.05, 0) is 47.8 Å². The second kappa shape index (κ2) is 7.62. The van der Waals surface area contributed by atoms with Gasteiger partial charge in [0, 0.05) is 16.9 Å². The van der Waals surface area contributed by atoms with Crippen molar-refractivity contribution in [1.82, 2.24) is 0 Å². The monoisotopic (exact) mass is 366 g/mol. The van der Waals surface area contributed by atoms with E-state index < -0.39 is 11.9 Å². The zero-order valence-electron chi connectivity index (χ0n) is 13.4. The van der Waals surface area contributed by atoms with Crippen LogP contribution in [-0.2, 0) is 0 Å². The zero-order chi connectivity index (χ0) is 18.5. The Morgan fingerprint density at radius 3 is 2.00 bits per heavy atom. The lowest BCUT2D eigenvalue weighted by Gasteiger charge is -2.08. The summed E-state index contributed by atoms with van der Waals surface area (Å²) in [6.45, 7) is 0. The number of carbonyl (C=O) groups excluding carboxylic acids is 2. The summed E-state index contributed by atoms with van der Waals surface area (Å²) >= 11 is 1.33. The Labute approximate surface area is 153 Å². The normalized spacial score (nSPS) is 10.2. The first kappa shape index (κ1) is 17.4. The number of rotatable bonds is 5. The molecule has 3 aromatic rings. The first-order valence-electron chi connectivity index (χ1n) is 7.62. The molecular weight excluding hydrogens is 352 g/mol. The first-order valence-corrected chi connectivity index (χ1v) is 8.50. The lowest BCUT2D eigenvalue weighted by Crippen LogP contribution is -2.14. The van der Waals surface area contributed by atoms with Gasteiger partial charge in [-0.25, -0.2) is 4.79 Å². The van der Waals surface area contributed by atoms with Crippen LogP contribution >= 0.6 is 11.3 Å². The van der Waals surface area contributed by atoms with Gasteiger partial charge in [-0.2, -0.15) is 0 Å². The highest BCUT2D eigenvalue weighted by atomic mass is 32.1. The van der Waals surface area contributed by atoms with Crippen LogP contribution in [0.1, 0.15) is 30.4 Å². The maximum absolute atomic E-state index is 12.4. The van der Waals surface area contributed by atoms with Gasteiger partial charge in [-0.3, -0.25) is 9.59 Å². The Hall–Kier alpha value is -3.45. The summed E-state index contributed by atoms with van der Waals surface area (Å²) in [5, 5.41) is 16.2. The molecule has 1 heterocycles. The molecule has 26 heavy (non-hydrogen) atoms. The van der Waals surface area contributed by atoms with Crippen LogP contribution in [0.15, 0.2) is 66.0 Å². The van der Waals surface area contributed by atoms with Gasteiger partial charge in [-0.15, -0.1) is 11.3 Å². The average Bonchev–Trinajstić information content (AvgIpc) is 3.17. The smallest absolute Gasteiger partial charge is 0.335 e. The maximum atomic E-state index is 12.4. The van der Waals surface area contributed by atoms with Crippen LogP contribution in [0.3, 0.4) is 0 Å². The summed E-state index contributed by atoms with van der Waals surface area (Å²) in [5.74, 6) is -1.72. The Bertz CT molecular complexity index is 967. The van der Waals surface area contributed by atoms with E-state index in [-0.39, 0.29) is 11.5 Å². The average molecular weight is 366 g/mol.